The summed E-state index contributed by atoms with van der Waals surface area (Å²) in [5.41, 5.74) is -1.35. The molecule has 276 valence electrons. The number of aromatic hydroxyl groups is 1. The minimum atomic E-state index is -4.53. The van der Waals surface area contributed by atoms with Crippen LogP contribution in [0, 0.1) is 0 Å². The van der Waals surface area contributed by atoms with Gasteiger partial charge in [0.1, 0.15) is 11.3 Å². The van der Waals surface area contributed by atoms with Crippen molar-refractivity contribution in [3.8, 4) is 11.5 Å². The maximum atomic E-state index is 12.4. The molecule has 21 heteroatoms. The fraction of sp³-hybridized carbons (Fsp3) is 0. The number of aromatic carboxylic acids is 2. The second-order valence-corrected chi connectivity index (χ2v) is 14.6. The molecule has 0 radical (unpaired) electrons. The molecule has 0 amide bonds. The molecule has 0 unspecified atom stereocenters. The largest absolute Gasteiger partial charge is 2.00 e. The number of halogens is 2. The summed E-state index contributed by atoms with van der Waals surface area (Å²) in [5.74, 6) is -4.47. The number of hydrogen-bond donors (Lipinski definition) is 4. The van der Waals surface area contributed by atoms with Crippen LogP contribution in [-0.2, 0) is 20.2 Å². The molecule has 0 spiro atoms. The predicted octanol–water partition coefficient (Wildman–Crippen LogP) is 6.77. The SMILES string of the molecule is O=C(O)c1cc2ccccc2c(N=Nc2cc(Cl)cc(S(=O)(=O)O)c2)c1O.O=C([O-])c1cc2ccccc2c(N=Nc2cc(Cl)cc(S(=O)(=O)O)c2)c1[O-].[Ca+2]. The fourth-order valence-electron chi connectivity index (χ4n) is 4.87. The van der Waals surface area contributed by atoms with Gasteiger partial charge in [-0.3, -0.25) is 9.11 Å². The second kappa shape index (κ2) is 17.4. The van der Waals surface area contributed by atoms with E-state index in [0.29, 0.717) is 21.5 Å². The first-order chi connectivity index (χ1) is 25.3. The molecule has 0 fully saturated rings. The van der Waals surface area contributed by atoms with Gasteiger partial charge < -0.3 is 25.2 Å². The monoisotopic (exact) mass is 850 g/mol. The first-order valence-corrected chi connectivity index (χ1v) is 18.3. The van der Waals surface area contributed by atoms with Gasteiger partial charge in [-0.1, -0.05) is 77.5 Å². The summed E-state index contributed by atoms with van der Waals surface area (Å²) in [6.07, 6.45) is 0. The van der Waals surface area contributed by atoms with Crippen molar-refractivity contribution in [2.75, 3.05) is 0 Å². The van der Waals surface area contributed by atoms with E-state index in [-0.39, 0.29) is 76.1 Å². The molecular formula is C34H20CaCl2N4O12S2. The summed E-state index contributed by atoms with van der Waals surface area (Å²) < 4.78 is 63.4. The van der Waals surface area contributed by atoms with E-state index >= 15 is 0 Å². The minimum absolute atomic E-state index is 0. The van der Waals surface area contributed by atoms with Gasteiger partial charge in [-0.2, -0.15) is 32.2 Å². The number of carboxylic acids is 2. The number of carbonyl (C=O) groups excluding carboxylic acids is 1. The third kappa shape index (κ3) is 10.3. The van der Waals surface area contributed by atoms with E-state index in [1.165, 1.54) is 24.3 Å². The number of carbonyl (C=O) groups is 2. The van der Waals surface area contributed by atoms with Crippen LogP contribution in [0.2, 0.25) is 10.0 Å². The zero-order valence-electron chi connectivity index (χ0n) is 27.4. The minimum Gasteiger partial charge on any atom is -0.871 e. The van der Waals surface area contributed by atoms with Crippen LogP contribution in [0.3, 0.4) is 0 Å². The Hall–Kier alpha value is -4.76. The smallest absolute Gasteiger partial charge is 0.871 e. The number of azo groups is 2. The Morgan fingerprint density at radius 1 is 0.618 bits per heavy atom. The third-order valence-electron chi connectivity index (χ3n) is 7.26. The van der Waals surface area contributed by atoms with Crippen molar-refractivity contribution >= 4 is 137 Å². The molecule has 0 saturated heterocycles. The Labute approximate surface area is 350 Å². The van der Waals surface area contributed by atoms with Gasteiger partial charge in [0.05, 0.1) is 32.8 Å². The van der Waals surface area contributed by atoms with Crippen LogP contribution < -0.4 is 10.2 Å². The third-order valence-corrected chi connectivity index (χ3v) is 9.36. The van der Waals surface area contributed by atoms with Crippen molar-refractivity contribution in [3.63, 3.8) is 0 Å². The van der Waals surface area contributed by atoms with Crippen LogP contribution in [0.4, 0.5) is 22.7 Å². The Morgan fingerprint density at radius 2 is 1.04 bits per heavy atom. The van der Waals surface area contributed by atoms with Crippen molar-refractivity contribution < 1.29 is 56.0 Å². The van der Waals surface area contributed by atoms with Crippen LogP contribution in [0.1, 0.15) is 20.7 Å². The van der Waals surface area contributed by atoms with Gasteiger partial charge in [0, 0.05) is 20.8 Å². The number of rotatable bonds is 8. The summed E-state index contributed by atoms with van der Waals surface area (Å²) in [5, 5.41) is 60.1. The average molecular weight is 852 g/mol. The summed E-state index contributed by atoms with van der Waals surface area (Å²) in [6, 6.07) is 22.2. The number of benzene rings is 6. The first-order valence-electron chi connectivity index (χ1n) is 14.6. The first kappa shape index (κ1) is 43.0. The van der Waals surface area contributed by atoms with Crippen LogP contribution >= 0.6 is 23.2 Å². The maximum absolute atomic E-state index is 12.4. The molecule has 0 aliphatic rings. The van der Waals surface area contributed by atoms with Gasteiger partial charge in [-0.25, -0.2) is 4.79 Å². The fourth-order valence-corrected chi connectivity index (χ4v) is 6.55. The Kier molecular flexibility index (Phi) is 13.6. The van der Waals surface area contributed by atoms with Crippen LogP contribution in [0.15, 0.2) is 127 Å². The number of phenols is 1. The molecule has 0 saturated carbocycles. The van der Waals surface area contributed by atoms with Crippen molar-refractivity contribution in [1.29, 1.82) is 0 Å². The summed E-state index contributed by atoms with van der Waals surface area (Å²) in [6.45, 7) is 0. The van der Waals surface area contributed by atoms with E-state index in [9.17, 15) is 46.9 Å². The van der Waals surface area contributed by atoms with E-state index in [2.05, 4.69) is 20.5 Å². The van der Waals surface area contributed by atoms with Gasteiger partial charge in [0.2, 0.25) is 0 Å². The van der Waals surface area contributed by atoms with Gasteiger partial charge in [-0.05, 0) is 64.9 Å². The van der Waals surface area contributed by atoms with Crippen LogP contribution in [-0.4, -0.2) is 85.8 Å². The molecule has 6 rings (SSSR count). The molecule has 0 aromatic heterocycles. The molecular weight excluding hydrogens is 832 g/mol. The average Bonchev–Trinajstić information content (AvgIpc) is 3.09. The van der Waals surface area contributed by atoms with E-state index in [1.807, 2.05) is 0 Å². The van der Waals surface area contributed by atoms with E-state index in [0.717, 1.165) is 24.3 Å². The quantitative estimate of drug-likeness (QED) is 0.0701. The van der Waals surface area contributed by atoms with Gasteiger partial charge >= 0.3 is 43.7 Å². The molecule has 6 aromatic rings. The summed E-state index contributed by atoms with van der Waals surface area (Å²) in [7, 11) is -9.03. The normalized spacial score (nSPS) is 11.7. The molecule has 4 N–H and O–H groups in total. The molecule has 0 atom stereocenters. The van der Waals surface area contributed by atoms with Crippen molar-refractivity contribution in [1.82, 2.24) is 0 Å². The summed E-state index contributed by atoms with van der Waals surface area (Å²) in [4.78, 5) is 21.6. The molecule has 0 aliphatic heterocycles. The van der Waals surface area contributed by atoms with Gasteiger partial charge in [0.25, 0.3) is 20.2 Å². The molecule has 0 bridgehead atoms. The van der Waals surface area contributed by atoms with E-state index in [1.54, 1.807) is 48.5 Å². The predicted molar refractivity (Wildman–Crippen MR) is 197 cm³/mol. The van der Waals surface area contributed by atoms with Crippen LogP contribution in [0.5, 0.6) is 11.5 Å². The standard InChI is InChI=1S/2C17H11ClN2O6S.Ca/c2*18-10-6-11(8-12(7-10)27(24,25)26)19-20-15-13-4-2-1-3-9(13)5-14(16(15)21)17(22)23;/h2*1-8,21H,(H,22,23)(H,24,25,26);/q;;+2/p-2. The van der Waals surface area contributed by atoms with E-state index < -0.39 is 59.0 Å². The number of hydrogen-bond acceptors (Lipinski definition) is 13. The topological polar surface area (TPSA) is 279 Å². The van der Waals surface area contributed by atoms with Crippen molar-refractivity contribution in [2.45, 2.75) is 9.79 Å². The zero-order valence-corrected chi connectivity index (χ0v) is 32.7. The molecule has 0 aliphatic carbocycles. The Balaban J connectivity index is 0.000000240. The van der Waals surface area contributed by atoms with Crippen LogP contribution in [0.25, 0.3) is 21.5 Å². The molecule has 55 heavy (non-hydrogen) atoms. The zero-order chi connectivity index (χ0) is 39.5. The number of nitrogens with zero attached hydrogens (tertiary/aromatic N) is 4. The maximum Gasteiger partial charge on any atom is 2.00 e. The number of fused-ring (bicyclic) bond motifs is 2. The second-order valence-electron chi connectivity index (χ2n) is 10.9. The Morgan fingerprint density at radius 3 is 1.47 bits per heavy atom. The summed E-state index contributed by atoms with van der Waals surface area (Å²) >= 11 is 11.6. The molecule has 16 nitrogen and oxygen atoms in total. The molecule has 0 heterocycles. The molecule has 6 aromatic carbocycles. The van der Waals surface area contributed by atoms with Gasteiger partial charge in [-0.15, -0.1) is 5.11 Å². The van der Waals surface area contributed by atoms with E-state index in [4.69, 9.17) is 32.3 Å². The van der Waals surface area contributed by atoms with Gasteiger partial charge in [0.15, 0.2) is 5.75 Å². The van der Waals surface area contributed by atoms with Crippen molar-refractivity contribution in [3.05, 3.63) is 118 Å². The number of carboxylic acid groups (broad SMARTS) is 2. The Bertz CT molecular complexity index is 2610. The van der Waals surface area contributed by atoms with Crippen molar-refractivity contribution in [2.24, 2.45) is 20.5 Å².